The molecule has 0 atom stereocenters. The van der Waals surface area contributed by atoms with Gasteiger partial charge in [0.15, 0.2) is 0 Å². The minimum Gasteiger partial charge on any atom is -0.229 e. The highest BCUT2D eigenvalue weighted by Gasteiger charge is 2.22. The molecule has 0 aromatic rings. The second-order valence-corrected chi connectivity index (χ2v) is 6.57. The van der Waals surface area contributed by atoms with E-state index in [1.165, 1.54) is 25.5 Å². The summed E-state index contributed by atoms with van der Waals surface area (Å²) in [5.74, 6) is 1.71. The zero-order valence-corrected chi connectivity index (χ0v) is 9.44. The van der Waals surface area contributed by atoms with E-state index >= 15 is 0 Å². The molecule has 0 heterocycles. The number of hydrogen-bond donors (Lipinski definition) is 0. The fourth-order valence-electron chi connectivity index (χ4n) is 2.23. The first-order valence-corrected chi connectivity index (χ1v) is 7.25. The highest BCUT2D eigenvalue weighted by Crippen LogP contribution is 2.31. The third kappa shape index (κ3) is 4.12. The van der Waals surface area contributed by atoms with Crippen molar-refractivity contribution in [2.45, 2.75) is 39.0 Å². The number of hydrogen-bond acceptors (Lipinski definition) is 2. The molecule has 1 aliphatic rings. The van der Waals surface area contributed by atoms with Crippen molar-refractivity contribution in [1.29, 1.82) is 0 Å². The Morgan fingerprint density at radius 3 is 1.92 bits per heavy atom. The topological polar surface area (TPSA) is 34.1 Å². The van der Waals surface area contributed by atoms with E-state index in [0.29, 0.717) is 11.7 Å². The van der Waals surface area contributed by atoms with Gasteiger partial charge in [0, 0.05) is 6.26 Å². The summed E-state index contributed by atoms with van der Waals surface area (Å²) in [4.78, 5) is 0. The van der Waals surface area contributed by atoms with Crippen LogP contribution in [-0.4, -0.2) is 20.4 Å². The van der Waals surface area contributed by atoms with Crippen LogP contribution in [0.2, 0.25) is 0 Å². The zero-order valence-electron chi connectivity index (χ0n) is 8.62. The molecule has 1 saturated carbocycles. The van der Waals surface area contributed by atoms with Crippen LogP contribution in [0, 0.1) is 11.8 Å². The van der Waals surface area contributed by atoms with Crippen LogP contribution in [0.1, 0.15) is 39.0 Å². The van der Waals surface area contributed by atoms with Crippen LogP contribution in [0.4, 0.5) is 0 Å². The molecule has 1 rings (SSSR count). The Bertz CT molecular complexity index is 236. The van der Waals surface area contributed by atoms with E-state index in [0.717, 1.165) is 18.8 Å². The van der Waals surface area contributed by atoms with Gasteiger partial charge in [-0.25, -0.2) is 8.42 Å². The first kappa shape index (κ1) is 11.0. The quantitative estimate of drug-likeness (QED) is 0.706. The summed E-state index contributed by atoms with van der Waals surface area (Å²) in [5.41, 5.74) is 0. The molecule has 0 amide bonds. The summed E-state index contributed by atoms with van der Waals surface area (Å²) < 4.78 is 22.1. The molecule has 0 bridgehead atoms. The summed E-state index contributed by atoms with van der Waals surface area (Å²) in [7, 11) is -2.75. The molecule has 0 aromatic carbocycles. The molecule has 1 fully saturated rings. The van der Waals surface area contributed by atoms with Gasteiger partial charge in [-0.2, -0.15) is 0 Å². The fraction of sp³-hybridized carbons (Fsp3) is 1.00. The second kappa shape index (κ2) is 4.45. The van der Waals surface area contributed by atoms with E-state index < -0.39 is 9.84 Å². The van der Waals surface area contributed by atoms with Crippen molar-refractivity contribution in [1.82, 2.24) is 0 Å². The molecule has 1 aliphatic carbocycles. The molecular weight excluding hydrogens is 184 g/mol. The monoisotopic (exact) mass is 204 g/mol. The number of sulfone groups is 1. The lowest BCUT2D eigenvalue weighted by Crippen LogP contribution is -2.21. The molecule has 0 aromatic heterocycles. The van der Waals surface area contributed by atoms with Crippen molar-refractivity contribution in [3.05, 3.63) is 0 Å². The summed E-state index contributed by atoms with van der Waals surface area (Å²) in [6.45, 7) is 2.22. The molecular formula is C10H20O2S. The van der Waals surface area contributed by atoms with Gasteiger partial charge in [0.1, 0.15) is 9.84 Å². The maximum absolute atomic E-state index is 11.1. The first-order chi connectivity index (χ1) is 6.01. The molecule has 0 N–H and O–H groups in total. The van der Waals surface area contributed by atoms with Crippen LogP contribution in [0.5, 0.6) is 0 Å². The Morgan fingerprint density at radius 1 is 1.08 bits per heavy atom. The van der Waals surface area contributed by atoms with Gasteiger partial charge in [0.25, 0.3) is 0 Å². The highest BCUT2D eigenvalue weighted by atomic mass is 32.2. The molecule has 0 saturated heterocycles. The lowest BCUT2D eigenvalue weighted by Gasteiger charge is -2.27. The Balaban J connectivity index is 2.33. The summed E-state index contributed by atoms with van der Waals surface area (Å²) in [5, 5.41) is 0. The van der Waals surface area contributed by atoms with Crippen molar-refractivity contribution >= 4 is 9.84 Å². The van der Waals surface area contributed by atoms with E-state index in [1.807, 2.05) is 0 Å². The third-order valence-corrected chi connectivity index (χ3v) is 4.16. The van der Waals surface area contributed by atoms with E-state index in [1.54, 1.807) is 0 Å². The second-order valence-electron chi connectivity index (χ2n) is 4.39. The maximum Gasteiger partial charge on any atom is 0.147 e. The van der Waals surface area contributed by atoms with Crippen LogP contribution >= 0.6 is 0 Å². The van der Waals surface area contributed by atoms with Crippen LogP contribution < -0.4 is 0 Å². The highest BCUT2D eigenvalue weighted by molar-refractivity contribution is 7.90. The first-order valence-electron chi connectivity index (χ1n) is 5.19. The molecule has 0 radical (unpaired) electrons. The van der Waals surface area contributed by atoms with Gasteiger partial charge >= 0.3 is 0 Å². The molecule has 2 nitrogen and oxygen atoms in total. The minimum absolute atomic E-state index is 0.406. The average Bonchev–Trinajstić information content (AvgIpc) is 2.03. The average molecular weight is 204 g/mol. The van der Waals surface area contributed by atoms with Gasteiger partial charge in [-0.3, -0.25) is 0 Å². The standard InChI is InChI=1S/C10H20O2S/c1-3-9-4-6-10(7-5-9)8-13(2,11)12/h9-10H,3-8H2,1-2H3. The smallest absolute Gasteiger partial charge is 0.147 e. The predicted molar refractivity (Wildman–Crippen MR) is 55.4 cm³/mol. The molecule has 3 heteroatoms. The van der Waals surface area contributed by atoms with Gasteiger partial charge in [-0.1, -0.05) is 26.2 Å². The Kier molecular flexibility index (Phi) is 3.77. The van der Waals surface area contributed by atoms with E-state index in [9.17, 15) is 8.42 Å². The zero-order chi connectivity index (χ0) is 9.90. The van der Waals surface area contributed by atoms with E-state index in [-0.39, 0.29) is 0 Å². The van der Waals surface area contributed by atoms with Gasteiger partial charge in [-0.05, 0) is 24.7 Å². The van der Waals surface area contributed by atoms with Crippen molar-refractivity contribution in [2.75, 3.05) is 12.0 Å². The summed E-state index contributed by atoms with van der Waals surface area (Å²) >= 11 is 0. The molecule has 13 heavy (non-hydrogen) atoms. The molecule has 0 unspecified atom stereocenters. The lowest BCUT2D eigenvalue weighted by molar-refractivity contribution is 0.285. The maximum atomic E-state index is 11.1. The third-order valence-electron chi connectivity index (χ3n) is 3.08. The van der Waals surface area contributed by atoms with Crippen molar-refractivity contribution in [3.63, 3.8) is 0 Å². The van der Waals surface area contributed by atoms with Crippen LogP contribution in [0.15, 0.2) is 0 Å². The van der Waals surface area contributed by atoms with Crippen molar-refractivity contribution in [3.8, 4) is 0 Å². The molecule has 0 spiro atoms. The predicted octanol–water partition coefficient (Wildman–Crippen LogP) is 2.25. The minimum atomic E-state index is -2.75. The van der Waals surface area contributed by atoms with E-state index in [2.05, 4.69) is 6.92 Å². The van der Waals surface area contributed by atoms with Crippen molar-refractivity contribution < 1.29 is 8.42 Å². The van der Waals surface area contributed by atoms with Crippen LogP contribution in [0.25, 0.3) is 0 Å². The van der Waals surface area contributed by atoms with Gasteiger partial charge in [0.2, 0.25) is 0 Å². The Labute approximate surface area is 81.6 Å². The lowest BCUT2D eigenvalue weighted by atomic mass is 9.82. The van der Waals surface area contributed by atoms with Crippen LogP contribution in [0.3, 0.4) is 0 Å². The Hall–Kier alpha value is -0.0500. The van der Waals surface area contributed by atoms with Crippen LogP contribution in [-0.2, 0) is 9.84 Å². The molecule has 78 valence electrons. The Morgan fingerprint density at radius 2 is 1.54 bits per heavy atom. The SMILES string of the molecule is CCC1CCC(CS(C)(=O)=O)CC1. The normalized spacial score (nSPS) is 30.3. The van der Waals surface area contributed by atoms with Gasteiger partial charge < -0.3 is 0 Å². The van der Waals surface area contributed by atoms with Crippen molar-refractivity contribution in [2.24, 2.45) is 11.8 Å². The summed E-state index contributed by atoms with van der Waals surface area (Å²) in [6, 6.07) is 0. The fourth-order valence-corrected chi connectivity index (χ4v) is 3.42. The molecule has 0 aliphatic heterocycles. The largest absolute Gasteiger partial charge is 0.229 e. The van der Waals surface area contributed by atoms with Gasteiger partial charge in [-0.15, -0.1) is 0 Å². The summed E-state index contributed by atoms with van der Waals surface area (Å²) in [6.07, 6.45) is 7.30. The number of rotatable bonds is 3. The van der Waals surface area contributed by atoms with E-state index in [4.69, 9.17) is 0 Å². The van der Waals surface area contributed by atoms with Gasteiger partial charge in [0.05, 0.1) is 5.75 Å².